The number of hydrogen-bond acceptors (Lipinski definition) is 3. The van der Waals surface area contributed by atoms with E-state index >= 15 is 0 Å². The first-order chi connectivity index (χ1) is 7.63. The van der Waals surface area contributed by atoms with E-state index in [0.717, 1.165) is 4.47 Å². The van der Waals surface area contributed by atoms with Gasteiger partial charge in [-0.1, -0.05) is 0 Å². The van der Waals surface area contributed by atoms with Crippen LogP contribution >= 0.6 is 15.9 Å². The molecule has 2 N–H and O–H groups in total. The van der Waals surface area contributed by atoms with Crippen LogP contribution in [0.5, 0.6) is 0 Å². The van der Waals surface area contributed by atoms with Crippen molar-refractivity contribution in [1.82, 2.24) is 10.3 Å². The van der Waals surface area contributed by atoms with Crippen molar-refractivity contribution in [1.29, 1.82) is 0 Å². The van der Waals surface area contributed by atoms with Gasteiger partial charge >= 0.3 is 0 Å². The van der Waals surface area contributed by atoms with Crippen LogP contribution in [-0.2, 0) is 0 Å². The van der Waals surface area contributed by atoms with E-state index in [0.29, 0.717) is 5.56 Å². The highest BCUT2D eigenvalue weighted by atomic mass is 79.9. The predicted octanol–water partition coefficient (Wildman–Crippen LogP) is 2.12. The number of aliphatic hydroxyl groups is 1. The molecular formula is C12H17BrN2O2. The number of halogens is 1. The number of pyridine rings is 1. The topological polar surface area (TPSA) is 62.2 Å². The Balaban J connectivity index is 2.87. The van der Waals surface area contributed by atoms with E-state index in [9.17, 15) is 9.90 Å². The first kappa shape index (κ1) is 14.1. The molecule has 0 saturated carbocycles. The monoisotopic (exact) mass is 300 g/mol. The molecule has 17 heavy (non-hydrogen) atoms. The fourth-order valence-electron chi connectivity index (χ4n) is 1.04. The summed E-state index contributed by atoms with van der Waals surface area (Å²) in [4.78, 5) is 15.9. The molecule has 0 atom stereocenters. The molecule has 0 aliphatic heterocycles. The highest BCUT2D eigenvalue weighted by molar-refractivity contribution is 9.10. The lowest BCUT2D eigenvalue weighted by Crippen LogP contribution is -2.57. The molecule has 0 radical (unpaired) electrons. The first-order valence-electron chi connectivity index (χ1n) is 5.29. The summed E-state index contributed by atoms with van der Waals surface area (Å²) in [6.45, 7) is 6.87. The number of carbonyl (C=O) groups excluding carboxylic acids is 1. The third-order valence-electron chi connectivity index (χ3n) is 2.92. The van der Waals surface area contributed by atoms with Gasteiger partial charge < -0.3 is 10.4 Å². The highest BCUT2D eigenvalue weighted by Crippen LogP contribution is 2.21. The van der Waals surface area contributed by atoms with E-state index in [1.54, 1.807) is 40.0 Å². The van der Waals surface area contributed by atoms with Gasteiger partial charge in [-0.05, 0) is 49.7 Å². The molecule has 0 unspecified atom stereocenters. The maximum atomic E-state index is 12.0. The molecule has 1 aromatic rings. The van der Waals surface area contributed by atoms with E-state index in [1.165, 1.54) is 6.20 Å². The summed E-state index contributed by atoms with van der Waals surface area (Å²) in [6.07, 6.45) is 3.10. The van der Waals surface area contributed by atoms with Crippen molar-refractivity contribution >= 4 is 21.8 Å². The summed E-state index contributed by atoms with van der Waals surface area (Å²) in [6, 6.07) is 1.68. The molecular weight excluding hydrogens is 284 g/mol. The van der Waals surface area contributed by atoms with Crippen LogP contribution in [0.3, 0.4) is 0 Å². The number of amides is 1. The maximum Gasteiger partial charge on any atom is 0.253 e. The summed E-state index contributed by atoms with van der Waals surface area (Å²) < 4.78 is 0.742. The Morgan fingerprint density at radius 2 is 1.94 bits per heavy atom. The quantitative estimate of drug-likeness (QED) is 0.899. The second-order valence-corrected chi connectivity index (χ2v) is 5.95. The largest absolute Gasteiger partial charge is 0.388 e. The number of rotatable bonds is 3. The maximum absolute atomic E-state index is 12.0. The molecule has 4 nitrogen and oxygen atoms in total. The second-order valence-electron chi connectivity index (χ2n) is 5.03. The van der Waals surface area contributed by atoms with Crippen LogP contribution in [-0.4, -0.2) is 27.1 Å². The average Bonchev–Trinajstić information content (AvgIpc) is 2.15. The van der Waals surface area contributed by atoms with Gasteiger partial charge in [0.15, 0.2) is 0 Å². The van der Waals surface area contributed by atoms with Crippen LogP contribution in [0.4, 0.5) is 0 Å². The number of hydrogen-bond donors (Lipinski definition) is 2. The van der Waals surface area contributed by atoms with Crippen molar-refractivity contribution < 1.29 is 9.90 Å². The van der Waals surface area contributed by atoms with Gasteiger partial charge in [0.25, 0.3) is 5.91 Å². The lowest BCUT2D eigenvalue weighted by atomic mass is 9.86. The Hall–Kier alpha value is -0.940. The fraction of sp³-hybridized carbons (Fsp3) is 0.500. The molecule has 0 spiro atoms. The van der Waals surface area contributed by atoms with Crippen LogP contribution < -0.4 is 5.32 Å². The van der Waals surface area contributed by atoms with Gasteiger partial charge in [-0.25, -0.2) is 0 Å². The molecule has 94 valence electrons. The van der Waals surface area contributed by atoms with Gasteiger partial charge in [0.1, 0.15) is 0 Å². The number of nitrogens with zero attached hydrogens (tertiary/aromatic N) is 1. The predicted molar refractivity (Wildman–Crippen MR) is 69.8 cm³/mol. The summed E-state index contributed by atoms with van der Waals surface area (Å²) in [5, 5.41) is 12.7. The third-order valence-corrected chi connectivity index (χ3v) is 3.36. The van der Waals surface area contributed by atoms with Gasteiger partial charge in [-0.2, -0.15) is 0 Å². The van der Waals surface area contributed by atoms with Crippen LogP contribution in [0.15, 0.2) is 22.9 Å². The van der Waals surface area contributed by atoms with E-state index in [4.69, 9.17) is 0 Å². The summed E-state index contributed by atoms with van der Waals surface area (Å²) >= 11 is 3.26. The minimum atomic E-state index is -1.01. The van der Waals surface area contributed by atoms with Crippen molar-refractivity contribution in [3.05, 3.63) is 28.5 Å². The molecule has 0 saturated heterocycles. The van der Waals surface area contributed by atoms with Gasteiger partial charge in [0, 0.05) is 16.9 Å². The van der Waals surface area contributed by atoms with E-state index in [-0.39, 0.29) is 5.91 Å². The van der Waals surface area contributed by atoms with E-state index in [2.05, 4.69) is 26.2 Å². The smallest absolute Gasteiger partial charge is 0.253 e. The number of nitrogens with one attached hydrogen (secondary N) is 1. The summed E-state index contributed by atoms with van der Waals surface area (Å²) in [5.74, 6) is -0.258. The van der Waals surface area contributed by atoms with Gasteiger partial charge in [-0.3, -0.25) is 9.78 Å². The summed E-state index contributed by atoms with van der Waals surface area (Å²) in [7, 11) is 0. The average molecular weight is 301 g/mol. The molecule has 5 heteroatoms. The van der Waals surface area contributed by atoms with Crippen molar-refractivity contribution in [3.8, 4) is 0 Å². The zero-order valence-corrected chi connectivity index (χ0v) is 12.0. The first-order valence-corrected chi connectivity index (χ1v) is 6.08. The lowest BCUT2D eigenvalue weighted by Gasteiger charge is -2.37. The normalized spacial score (nSPS) is 12.4. The van der Waals surface area contributed by atoms with Gasteiger partial charge in [0.05, 0.1) is 16.7 Å². The molecule has 1 amide bonds. The van der Waals surface area contributed by atoms with E-state index < -0.39 is 11.1 Å². The molecule has 1 heterocycles. The van der Waals surface area contributed by atoms with E-state index in [1.807, 2.05) is 0 Å². The number of aromatic nitrogens is 1. The minimum Gasteiger partial charge on any atom is -0.388 e. The molecule has 0 aliphatic rings. The molecule has 1 aromatic heterocycles. The van der Waals surface area contributed by atoms with Crippen molar-refractivity contribution in [2.45, 2.75) is 38.8 Å². The Kier molecular flexibility index (Phi) is 3.94. The third kappa shape index (κ3) is 3.51. The van der Waals surface area contributed by atoms with Crippen molar-refractivity contribution in [3.63, 3.8) is 0 Å². The molecule has 0 fully saturated rings. The van der Waals surface area contributed by atoms with Crippen LogP contribution in [0.1, 0.15) is 38.1 Å². The Labute approximate surface area is 110 Å². The molecule has 0 aromatic carbocycles. The SMILES string of the molecule is CC(C)(O)C(C)(C)NC(=O)c1cncc(Br)c1. The Morgan fingerprint density at radius 3 is 2.41 bits per heavy atom. The fourth-order valence-corrected chi connectivity index (χ4v) is 1.41. The van der Waals surface area contributed by atoms with Crippen LogP contribution in [0, 0.1) is 0 Å². The van der Waals surface area contributed by atoms with Gasteiger partial charge in [-0.15, -0.1) is 0 Å². The zero-order chi connectivity index (χ0) is 13.3. The molecule has 0 bridgehead atoms. The Bertz CT molecular complexity index is 425. The minimum absolute atomic E-state index is 0.258. The van der Waals surface area contributed by atoms with Crippen molar-refractivity contribution in [2.75, 3.05) is 0 Å². The van der Waals surface area contributed by atoms with Crippen molar-refractivity contribution in [2.24, 2.45) is 0 Å². The lowest BCUT2D eigenvalue weighted by molar-refractivity contribution is -0.00293. The van der Waals surface area contributed by atoms with Gasteiger partial charge in [0.2, 0.25) is 0 Å². The highest BCUT2D eigenvalue weighted by Gasteiger charge is 2.36. The number of carbonyl (C=O) groups is 1. The van der Waals surface area contributed by atoms with Crippen LogP contribution in [0.25, 0.3) is 0 Å². The Morgan fingerprint density at radius 1 is 1.35 bits per heavy atom. The second kappa shape index (κ2) is 4.74. The van der Waals surface area contributed by atoms with Crippen LogP contribution in [0.2, 0.25) is 0 Å². The molecule has 1 rings (SSSR count). The summed E-state index contributed by atoms with van der Waals surface area (Å²) in [5.41, 5.74) is -1.29. The molecule has 0 aliphatic carbocycles. The standard InChI is InChI=1S/C12H17BrN2O2/c1-11(2,12(3,4)17)15-10(16)8-5-9(13)7-14-6-8/h5-7,17H,1-4H3,(H,15,16). The zero-order valence-electron chi connectivity index (χ0n) is 10.4.